The molecule has 4 heteroatoms. The number of hydrogen-bond donors (Lipinski definition) is 1. The molecular formula is C14H22N2S2. The third-order valence-corrected chi connectivity index (χ3v) is 6.27. The number of hydrogen-bond acceptors (Lipinski definition) is 4. The Hall–Kier alpha value is -0.0600. The zero-order valence-electron chi connectivity index (χ0n) is 11.1. The van der Waals surface area contributed by atoms with E-state index in [2.05, 4.69) is 24.0 Å². The van der Waals surface area contributed by atoms with Crippen LogP contribution in [0.15, 0.2) is 0 Å². The van der Waals surface area contributed by atoms with E-state index < -0.39 is 0 Å². The molecule has 2 heterocycles. The molecule has 1 N–H and O–H groups in total. The molecule has 0 radical (unpaired) electrons. The predicted octanol–water partition coefficient (Wildman–Crippen LogP) is 3.43. The second kappa shape index (κ2) is 5.93. The van der Waals surface area contributed by atoms with Crippen LogP contribution >= 0.6 is 23.1 Å². The van der Waals surface area contributed by atoms with Gasteiger partial charge in [-0.15, -0.1) is 11.3 Å². The van der Waals surface area contributed by atoms with Crippen LogP contribution in [0, 0.1) is 5.92 Å². The fourth-order valence-electron chi connectivity index (χ4n) is 2.99. The summed E-state index contributed by atoms with van der Waals surface area (Å²) in [5.74, 6) is 3.37. The molecule has 0 aromatic carbocycles. The maximum atomic E-state index is 4.91. The van der Waals surface area contributed by atoms with Crippen molar-refractivity contribution in [2.45, 2.75) is 45.1 Å². The number of fused-ring (bicyclic) bond motifs is 1. The van der Waals surface area contributed by atoms with Crippen molar-refractivity contribution < 1.29 is 0 Å². The SMILES string of the molecule is CCCC1CCc2nc(C3CSCCN3)sc2C1. The van der Waals surface area contributed by atoms with Crippen molar-refractivity contribution in [3.8, 4) is 0 Å². The number of aromatic nitrogens is 1. The first-order valence-electron chi connectivity index (χ1n) is 7.16. The van der Waals surface area contributed by atoms with Crippen LogP contribution in [0.25, 0.3) is 0 Å². The summed E-state index contributed by atoms with van der Waals surface area (Å²) in [6.45, 7) is 3.44. The van der Waals surface area contributed by atoms with Gasteiger partial charge < -0.3 is 5.32 Å². The van der Waals surface area contributed by atoms with Crippen LogP contribution in [0.1, 0.15) is 47.8 Å². The molecular weight excluding hydrogens is 260 g/mol. The second-order valence-corrected chi connectivity index (χ2v) is 7.67. The Bertz CT molecular complexity index is 396. The van der Waals surface area contributed by atoms with E-state index in [4.69, 9.17) is 4.98 Å². The largest absolute Gasteiger partial charge is 0.306 e. The van der Waals surface area contributed by atoms with Crippen molar-refractivity contribution in [2.75, 3.05) is 18.1 Å². The molecule has 2 unspecified atom stereocenters. The monoisotopic (exact) mass is 282 g/mol. The van der Waals surface area contributed by atoms with Crippen molar-refractivity contribution in [3.05, 3.63) is 15.6 Å². The average Bonchev–Trinajstić information content (AvgIpc) is 2.83. The fourth-order valence-corrected chi connectivity index (χ4v) is 5.34. The van der Waals surface area contributed by atoms with Crippen LogP contribution in [-0.2, 0) is 12.8 Å². The van der Waals surface area contributed by atoms with Gasteiger partial charge in [-0.1, -0.05) is 19.8 Å². The highest BCUT2D eigenvalue weighted by molar-refractivity contribution is 7.99. The lowest BCUT2D eigenvalue weighted by Crippen LogP contribution is -2.30. The van der Waals surface area contributed by atoms with Crippen LogP contribution in [0.4, 0.5) is 0 Å². The molecule has 1 aliphatic carbocycles. The molecule has 1 aromatic heterocycles. The van der Waals surface area contributed by atoms with Crippen LogP contribution < -0.4 is 5.32 Å². The Morgan fingerprint density at radius 2 is 2.39 bits per heavy atom. The highest BCUT2D eigenvalue weighted by atomic mass is 32.2. The third kappa shape index (κ3) is 2.75. The predicted molar refractivity (Wildman–Crippen MR) is 80.6 cm³/mol. The van der Waals surface area contributed by atoms with E-state index in [-0.39, 0.29) is 0 Å². The van der Waals surface area contributed by atoms with Gasteiger partial charge >= 0.3 is 0 Å². The average molecular weight is 282 g/mol. The normalized spacial score (nSPS) is 28.1. The minimum absolute atomic E-state index is 0.518. The van der Waals surface area contributed by atoms with E-state index >= 15 is 0 Å². The van der Waals surface area contributed by atoms with Crippen molar-refractivity contribution in [1.82, 2.24) is 10.3 Å². The lowest BCUT2D eigenvalue weighted by Gasteiger charge is -2.20. The van der Waals surface area contributed by atoms with Crippen LogP contribution in [-0.4, -0.2) is 23.0 Å². The Kier molecular flexibility index (Phi) is 4.27. The summed E-state index contributed by atoms with van der Waals surface area (Å²) in [4.78, 5) is 6.50. The summed E-state index contributed by atoms with van der Waals surface area (Å²) >= 11 is 4.04. The number of nitrogens with one attached hydrogen (secondary N) is 1. The smallest absolute Gasteiger partial charge is 0.111 e. The summed E-state index contributed by atoms with van der Waals surface area (Å²) in [7, 11) is 0. The molecule has 0 spiro atoms. The van der Waals surface area contributed by atoms with Gasteiger partial charge in [-0.2, -0.15) is 11.8 Å². The number of thiazole rings is 1. The van der Waals surface area contributed by atoms with E-state index in [9.17, 15) is 0 Å². The molecule has 1 aromatic rings. The molecule has 1 aliphatic heterocycles. The van der Waals surface area contributed by atoms with E-state index in [1.807, 2.05) is 11.3 Å². The summed E-state index contributed by atoms with van der Waals surface area (Å²) in [5, 5.41) is 4.96. The minimum Gasteiger partial charge on any atom is -0.306 e. The Morgan fingerprint density at radius 1 is 1.44 bits per heavy atom. The number of thioether (sulfide) groups is 1. The van der Waals surface area contributed by atoms with Crippen LogP contribution in [0.2, 0.25) is 0 Å². The second-order valence-electron chi connectivity index (χ2n) is 5.40. The summed E-state index contributed by atoms with van der Waals surface area (Å²) in [6.07, 6.45) is 6.59. The van der Waals surface area contributed by atoms with E-state index in [1.165, 1.54) is 54.3 Å². The number of rotatable bonds is 3. The van der Waals surface area contributed by atoms with Crippen molar-refractivity contribution in [1.29, 1.82) is 0 Å². The first-order valence-corrected chi connectivity index (χ1v) is 9.13. The maximum Gasteiger partial charge on any atom is 0.111 e. The molecule has 1 fully saturated rings. The summed E-state index contributed by atoms with van der Waals surface area (Å²) in [6, 6.07) is 0.518. The van der Waals surface area contributed by atoms with Crippen molar-refractivity contribution in [3.63, 3.8) is 0 Å². The Morgan fingerprint density at radius 3 is 3.17 bits per heavy atom. The van der Waals surface area contributed by atoms with Gasteiger partial charge in [-0.05, 0) is 25.2 Å². The van der Waals surface area contributed by atoms with Gasteiger partial charge in [0.15, 0.2) is 0 Å². The van der Waals surface area contributed by atoms with Crippen molar-refractivity contribution in [2.24, 2.45) is 5.92 Å². The molecule has 0 bridgehead atoms. The number of aryl methyl sites for hydroxylation is 1. The topological polar surface area (TPSA) is 24.9 Å². The van der Waals surface area contributed by atoms with Crippen LogP contribution in [0.3, 0.4) is 0 Å². The zero-order chi connectivity index (χ0) is 12.4. The van der Waals surface area contributed by atoms with Crippen LogP contribution in [0.5, 0.6) is 0 Å². The molecule has 18 heavy (non-hydrogen) atoms. The fraction of sp³-hybridized carbons (Fsp3) is 0.786. The molecule has 0 saturated carbocycles. The van der Waals surface area contributed by atoms with Gasteiger partial charge in [0.1, 0.15) is 5.01 Å². The summed E-state index contributed by atoms with van der Waals surface area (Å²) in [5.41, 5.74) is 1.42. The highest BCUT2D eigenvalue weighted by Gasteiger charge is 2.25. The number of nitrogens with zero attached hydrogens (tertiary/aromatic N) is 1. The molecule has 1 saturated heterocycles. The minimum atomic E-state index is 0.518. The molecule has 2 aliphatic rings. The molecule has 2 nitrogen and oxygen atoms in total. The van der Waals surface area contributed by atoms with Gasteiger partial charge in [-0.3, -0.25) is 0 Å². The lowest BCUT2D eigenvalue weighted by atomic mass is 9.88. The Labute approximate surface area is 118 Å². The van der Waals surface area contributed by atoms with Gasteiger partial charge in [-0.25, -0.2) is 4.98 Å². The van der Waals surface area contributed by atoms with Gasteiger partial charge in [0, 0.05) is 22.9 Å². The van der Waals surface area contributed by atoms with E-state index in [1.54, 1.807) is 4.88 Å². The highest BCUT2D eigenvalue weighted by Crippen LogP contribution is 2.35. The van der Waals surface area contributed by atoms with Gasteiger partial charge in [0.2, 0.25) is 0 Å². The molecule has 3 rings (SSSR count). The molecule has 0 amide bonds. The Balaban J connectivity index is 1.72. The first kappa shape index (κ1) is 12.9. The summed E-state index contributed by atoms with van der Waals surface area (Å²) < 4.78 is 0. The quantitative estimate of drug-likeness (QED) is 0.919. The molecule has 100 valence electrons. The van der Waals surface area contributed by atoms with Crippen molar-refractivity contribution >= 4 is 23.1 Å². The standard InChI is InChI=1S/C14H22N2S2/c1-2-3-10-4-5-11-13(8-10)18-14(16-11)12-9-17-7-6-15-12/h10,12,15H,2-9H2,1H3. The zero-order valence-corrected chi connectivity index (χ0v) is 12.7. The molecule has 2 atom stereocenters. The third-order valence-electron chi connectivity index (χ3n) is 3.97. The van der Waals surface area contributed by atoms with Gasteiger partial charge in [0.25, 0.3) is 0 Å². The maximum absolute atomic E-state index is 4.91. The lowest BCUT2D eigenvalue weighted by molar-refractivity contribution is 0.423. The van der Waals surface area contributed by atoms with E-state index in [0.29, 0.717) is 6.04 Å². The van der Waals surface area contributed by atoms with E-state index in [0.717, 1.165) is 12.5 Å². The first-order chi connectivity index (χ1) is 8.86. The van der Waals surface area contributed by atoms with Gasteiger partial charge in [0.05, 0.1) is 11.7 Å².